The van der Waals surface area contributed by atoms with E-state index in [-0.39, 0.29) is 13.2 Å². The van der Waals surface area contributed by atoms with E-state index in [2.05, 4.69) is 21.2 Å². The summed E-state index contributed by atoms with van der Waals surface area (Å²) in [4.78, 5) is 25.3. The van der Waals surface area contributed by atoms with Gasteiger partial charge in [0.25, 0.3) is 5.91 Å². The van der Waals surface area contributed by atoms with Crippen LogP contribution in [0, 0.1) is 0 Å². The first-order valence-electron chi connectivity index (χ1n) is 12.9. The average molecular weight is 628 g/mol. The second kappa shape index (κ2) is 14.7. The summed E-state index contributed by atoms with van der Waals surface area (Å²) in [5, 5.41) is 11.6. The Balaban J connectivity index is 1.41. The van der Waals surface area contributed by atoms with Crippen molar-refractivity contribution in [1.29, 1.82) is 0 Å². The Morgan fingerprint density at radius 2 is 1.76 bits per heavy atom. The van der Waals surface area contributed by atoms with Crippen molar-refractivity contribution in [3.8, 4) is 11.5 Å². The lowest BCUT2D eigenvalue weighted by Crippen LogP contribution is -2.45. The molecule has 0 aromatic heterocycles. The van der Waals surface area contributed by atoms with Crippen LogP contribution < -0.4 is 25.5 Å². The van der Waals surface area contributed by atoms with Gasteiger partial charge in [0.05, 0.1) is 24.4 Å². The number of allylic oxidation sites excluding steroid dienone is 1. The van der Waals surface area contributed by atoms with Gasteiger partial charge in [0.15, 0.2) is 11.7 Å². The van der Waals surface area contributed by atoms with Crippen molar-refractivity contribution >= 4 is 58.6 Å². The summed E-state index contributed by atoms with van der Waals surface area (Å²) in [5.41, 5.74) is 5.51. The van der Waals surface area contributed by atoms with E-state index in [1.165, 1.54) is 6.21 Å². The van der Waals surface area contributed by atoms with E-state index in [1.807, 2.05) is 12.1 Å². The van der Waals surface area contributed by atoms with E-state index in [4.69, 9.17) is 49.6 Å². The van der Waals surface area contributed by atoms with Gasteiger partial charge in [-0.15, -0.1) is 0 Å². The van der Waals surface area contributed by atoms with E-state index in [0.29, 0.717) is 55.7 Å². The molecule has 1 heterocycles. The monoisotopic (exact) mass is 626 g/mol. The molecular formula is C30H28Cl2N4O5S. The van der Waals surface area contributed by atoms with Crippen molar-refractivity contribution in [2.24, 2.45) is 5.10 Å². The van der Waals surface area contributed by atoms with Gasteiger partial charge in [-0.2, -0.15) is 5.10 Å². The Morgan fingerprint density at radius 1 is 1.02 bits per heavy atom. The molecule has 1 aliphatic rings. The first-order chi connectivity index (χ1) is 20.2. The molecule has 12 heteroatoms. The lowest BCUT2D eigenvalue weighted by Gasteiger charge is -2.30. The van der Waals surface area contributed by atoms with Crippen LogP contribution in [0.15, 0.2) is 83.1 Å². The van der Waals surface area contributed by atoms with Gasteiger partial charge in [-0.25, -0.2) is 10.2 Å². The second-order valence-corrected chi connectivity index (χ2v) is 10.3. The number of thiocarbonyl (C=S) groups is 1. The molecule has 3 N–H and O–H groups in total. The third kappa shape index (κ3) is 8.22. The van der Waals surface area contributed by atoms with Crippen LogP contribution in [0.2, 0.25) is 10.0 Å². The molecule has 0 aliphatic carbocycles. The van der Waals surface area contributed by atoms with E-state index in [9.17, 15) is 9.59 Å². The molecule has 3 aromatic rings. The Bertz CT molecular complexity index is 1530. The highest BCUT2D eigenvalue weighted by molar-refractivity contribution is 7.80. The van der Waals surface area contributed by atoms with E-state index < -0.39 is 17.9 Å². The lowest BCUT2D eigenvalue weighted by molar-refractivity contribution is -0.139. The van der Waals surface area contributed by atoms with Crippen LogP contribution in [0.4, 0.5) is 0 Å². The molecule has 0 unspecified atom stereocenters. The molecule has 9 nitrogen and oxygen atoms in total. The largest absolute Gasteiger partial charge is 0.488 e. The maximum absolute atomic E-state index is 12.7. The van der Waals surface area contributed by atoms with Gasteiger partial charge in [-0.1, -0.05) is 53.5 Å². The van der Waals surface area contributed by atoms with Crippen LogP contribution in [0.3, 0.4) is 0 Å². The van der Waals surface area contributed by atoms with Crippen LogP contribution >= 0.6 is 35.4 Å². The van der Waals surface area contributed by atoms with Crippen molar-refractivity contribution in [3.63, 3.8) is 0 Å². The van der Waals surface area contributed by atoms with E-state index >= 15 is 0 Å². The smallest absolute Gasteiger partial charge is 0.338 e. The third-order valence-electron chi connectivity index (χ3n) is 6.03. The molecule has 3 aromatic carbocycles. The number of hydrazone groups is 1. The molecule has 0 fully saturated rings. The first-order valence-corrected chi connectivity index (χ1v) is 14.1. The van der Waals surface area contributed by atoms with Gasteiger partial charge >= 0.3 is 5.97 Å². The number of amides is 1. The van der Waals surface area contributed by atoms with Crippen LogP contribution in [0.1, 0.15) is 36.6 Å². The maximum Gasteiger partial charge on any atom is 0.338 e. The number of ether oxygens (including phenoxy) is 3. The maximum atomic E-state index is 12.7. The minimum atomic E-state index is -0.635. The number of nitrogens with zero attached hydrogens (tertiary/aromatic N) is 1. The minimum absolute atomic E-state index is 0.219. The van der Waals surface area contributed by atoms with Crippen LogP contribution in [0.25, 0.3) is 0 Å². The van der Waals surface area contributed by atoms with Crippen LogP contribution in [0.5, 0.6) is 11.5 Å². The number of esters is 1. The van der Waals surface area contributed by atoms with E-state index in [0.717, 1.165) is 5.56 Å². The van der Waals surface area contributed by atoms with Gasteiger partial charge < -0.3 is 24.8 Å². The fourth-order valence-electron chi connectivity index (χ4n) is 4.10. The summed E-state index contributed by atoms with van der Waals surface area (Å²) in [5.74, 6) is -0.0634. The van der Waals surface area contributed by atoms with Gasteiger partial charge in [-0.05, 0) is 68.0 Å². The molecule has 0 saturated heterocycles. The molecule has 0 bridgehead atoms. The molecule has 0 saturated carbocycles. The lowest BCUT2D eigenvalue weighted by atomic mass is 9.95. The standard InChI is InChI=1S/C30H28Cl2N4O5S/c1-3-39-29(38)27-18(2)34-30(42)35-28(27)23-6-4-5-7-25(23)41-17-26(37)36-33-15-20-14-22(32)12-13-24(20)40-16-19-8-10-21(31)11-9-19/h4-15,28H,3,16-17H2,1-2H3,(H,36,37)(H2,34,35,42)/t28-/m1/s1. The number of rotatable bonds is 11. The summed E-state index contributed by atoms with van der Waals surface area (Å²) in [7, 11) is 0. The molecular weight excluding hydrogens is 599 g/mol. The number of hydrogen-bond donors (Lipinski definition) is 3. The summed E-state index contributed by atoms with van der Waals surface area (Å²) in [6, 6.07) is 18.8. The van der Waals surface area contributed by atoms with Gasteiger partial charge in [-0.3, -0.25) is 4.79 Å². The fraction of sp³-hybridized carbons (Fsp3) is 0.200. The van der Waals surface area contributed by atoms with Crippen molar-refractivity contribution in [1.82, 2.24) is 16.1 Å². The molecule has 1 atom stereocenters. The number of carbonyl (C=O) groups is 2. The number of halogens is 2. The number of benzene rings is 3. The van der Waals surface area contributed by atoms with Crippen LogP contribution in [-0.4, -0.2) is 36.4 Å². The topological polar surface area (TPSA) is 110 Å². The normalized spacial score (nSPS) is 14.7. The van der Waals surface area contributed by atoms with Crippen molar-refractivity contribution in [2.75, 3.05) is 13.2 Å². The Kier molecular flexibility index (Phi) is 10.8. The van der Waals surface area contributed by atoms with Crippen molar-refractivity contribution in [3.05, 3.63) is 105 Å². The second-order valence-electron chi connectivity index (χ2n) is 9.01. The summed E-state index contributed by atoms with van der Waals surface area (Å²) in [6.45, 7) is 3.67. The van der Waals surface area contributed by atoms with Gasteiger partial charge in [0.1, 0.15) is 18.1 Å². The number of carbonyl (C=O) groups excluding carboxylic acids is 2. The average Bonchev–Trinajstić information content (AvgIpc) is 2.96. The zero-order valence-electron chi connectivity index (χ0n) is 22.8. The molecule has 4 rings (SSSR count). The predicted octanol–water partition coefficient (Wildman–Crippen LogP) is 5.46. The molecule has 1 amide bonds. The Morgan fingerprint density at radius 3 is 2.52 bits per heavy atom. The molecule has 42 heavy (non-hydrogen) atoms. The minimum Gasteiger partial charge on any atom is -0.488 e. The van der Waals surface area contributed by atoms with Crippen molar-refractivity contribution in [2.45, 2.75) is 26.5 Å². The third-order valence-corrected chi connectivity index (χ3v) is 6.73. The summed E-state index contributed by atoms with van der Waals surface area (Å²) < 4.78 is 17.0. The van der Waals surface area contributed by atoms with Crippen LogP contribution in [-0.2, 0) is 20.9 Å². The predicted molar refractivity (Wildman–Crippen MR) is 166 cm³/mol. The molecule has 218 valence electrons. The highest BCUT2D eigenvalue weighted by Crippen LogP contribution is 2.33. The number of hydrogen-bond acceptors (Lipinski definition) is 7. The zero-order valence-corrected chi connectivity index (χ0v) is 25.1. The number of para-hydroxylation sites is 1. The summed E-state index contributed by atoms with van der Waals surface area (Å²) in [6.07, 6.45) is 1.44. The highest BCUT2D eigenvalue weighted by Gasteiger charge is 2.32. The fourth-order valence-corrected chi connectivity index (χ4v) is 4.68. The Hall–Kier alpha value is -4.12. The van der Waals surface area contributed by atoms with Gasteiger partial charge in [0, 0.05) is 26.9 Å². The Labute approximate surface area is 258 Å². The molecule has 0 radical (unpaired) electrons. The molecule has 1 aliphatic heterocycles. The molecule has 0 spiro atoms. The van der Waals surface area contributed by atoms with E-state index in [1.54, 1.807) is 68.4 Å². The zero-order chi connectivity index (χ0) is 30.1. The van der Waals surface area contributed by atoms with Crippen molar-refractivity contribution < 1.29 is 23.8 Å². The SMILES string of the molecule is CCOC(=O)C1=C(C)NC(=S)N[C@@H]1c1ccccc1OCC(=O)NN=Cc1cc(Cl)ccc1OCc1ccc(Cl)cc1. The highest BCUT2D eigenvalue weighted by atomic mass is 35.5. The van der Waals surface area contributed by atoms with Gasteiger partial charge in [0.2, 0.25) is 0 Å². The first kappa shape index (κ1) is 30.8. The quantitative estimate of drug-likeness (QED) is 0.111. The summed E-state index contributed by atoms with van der Waals surface area (Å²) >= 11 is 17.4. The number of nitrogens with one attached hydrogen (secondary N) is 3.